The average Bonchev–Trinajstić information content (AvgIpc) is 3.03. The van der Waals surface area contributed by atoms with Crippen LogP contribution in [0.1, 0.15) is 46.1 Å². The second-order valence-corrected chi connectivity index (χ2v) is 8.74. The second-order valence-electron chi connectivity index (χ2n) is 8.74. The van der Waals surface area contributed by atoms with E-state index in [0.29, 0.717) is 0 Å². The Morgan fingerprint density at radius 1 is 1.12 bits per heavy atom. The summed E-state index contributed by atoms with van der Waals surface area (Å²) in [6.07, 6.45) is 3.62. The van der Waals surface area contributed by atoms with Crippen molar-refractivity contribution in [1.82, 2.24) is 4.81 Å². The van der Waals surface area contributed by atoms with Gasteiger partial charge < -0.3 is 23.7 Å². The molecule has 3 aliphatic rings. The number of carbonyl (C=O) groups is 1. The molecule has 5 nitrogen and oxygen atoms in total. The molecule has 2 fully saturated rings. The Hall–Kier alpha value is -1.30. The van der Waals surface area contributed by atoms with Crippen LogP contribution in [0.15, 0.2) is 18.2 Å². The van der Waals surface area contributed by atoms with Crippen molar-refractivity contribution >= 4 is 26.2 Å². The fraction of sp³-hybridized carbons (Fsp3) is 0.632. The van der Waals surface area contributed by atoms with Crippen molar-refractivity contribution in [2.75, 3.05) is 13.1 Å². The summed E-state index contributed by atoms with van der Waals surface area (Å²) in [6, 6.07) is 6.28. The number of rotatable bonds is 3. The molecular formula is C19H26B2NO4. The van der Waals surface area contributed by atoms with Crippen molar-refractivity contribution in [3.05, 3.63) is 23.8 Å². The van der Waals surface area contributed by atoms with Gasteiger partial charge in [-0.2, -0.15) is 0 Å². The first-order valence-corrected chi connectivity index (χ1v) is 9.44. The molecule has 0 unspecified atom stereocenters. The molecule has 3 heterocycles. The van der Waals surface area contributed by atoms with E-state index in [1.807, 2.05) is 6.07 Å². The zero-order chi connectivity index (χ0) is 18.6. The van der Waals surface area contributed by atoms with E-state index >= 15 is 0 Å². The van der Waals surface area contributed by atoms with Gasteiger partial charge in [-0.3, -0.25) is 0 Å². The van der Waals surface area contributed by atoms with Crippen LogP contribution in [0.5, 0.6) is 5.75 Å². The largest absolute Gasteiger partial charge is 0.494 e. The fourth-order valence-electron chi connectivity index (χ4n) is 4.02. The van der Waals surface area contributed by atoms with E-state index in [4.69, 9.17) is 14.0 Å². The van der Waals surface area contributed by atoms with Gasteiger partial charge in [-0.25, -0.2) is 0 Å². The van der Waals surface area contributed by atoms with Gasteiger partial charge in [0.1, 0.15) is 11.4 Å². The molecule has 1 spiro atoms. The van der Waals surface area contributed by atoms with Crippen molar-refractivity contribution in [2.24, 2.45) is 0 Å². The van der Waals surface area contributed by atoms with E-state index in [1.165, 1.54) is 5.56 Å². The fourth-order valence-corrected chi connectivity index (χ4v) is 4.02. The van der Waals surface area contributed by atoms with Crippen molar-refractivity contribution < 1.29 is 18.8 Å². The highest BCUT2D eigenvalue weighted by Gasteiger charge is 2.52. The minimum Gasteiger partial charge on any atom is -0.487 e. The third kappa shape index (κ3) is 3.00. The van der Waals surface area contributed by atoms with Crippen LogP contribution in [0.3, 0.4) is 0 Å². The van der Waals surface area contributed by atoms with E-state index in [0.717, 1.165) is 49.7 Å². The van der Waals surface area contributed by atoms with Crippen molar-refractivity contribution in [3.8, 4) is 5.75 Å². The number of hydrogen-bond acceptors (Lipinski definition) is 5. The normalized spacial score (nSPS) is 25.8. The Kier molecular flexibility index (Phi) is 4.25. The maximum Gasteiger partial charge on any atom is 0.494 e. The molecule has 0 saturated carbocycles. The summed E-state index contributed by atoms with van der Waals surface area (Å²) in [4.78, 5) is 12.7. The summed E-state index contributed by atoms with van der Waals surface area (Å²) in [5.74, 6) is 0.970. The third-order valence-corrected chi connectivity index (χ3v) is 6.43. The lowest BCUT2D eigenvalue weighted by Gasteiger charge is -2.38. The molecule has 0 N–H and O–H groups in total. The quantitative estimate of drug-likeness (QED) is 0.609. The lowest BCUT2D eigenvalue weighted by molar-refractivity contribution is 0.00578. The summed E-state index contributed by atoms with van der Waals surface area (Å²) in [5, 5.41) is 0. The highest BCUT2D eigenvalue weighted by atomic mass is 16.7. The van der Waals surface area contributed by atoms with E-state index in [-0.39, 0.29) is 23.9 Å². The number of benzene rings is 1. The molecule has 2 saturated heterocycles. The van der Waals surface area contributed by atoms with Crippen molar-refractivity contribution in [1.29, 1.82) is 0 Å². The van der Waals surface area contributed by atoms with Gasteiger partial charge in [0, 0.05) is 6.42 Å². The van der Waals surface area contributed by atoms with Gasteiger partial charge in [-0.05, 0) is 70.7 Å². The first-order chi connectivity index (χ1) is 12.2. The molecular weight excluding hydrogens is 328 g/mol. The van der Waals surface area contributed by atoms with Gasteiger partial charge in [0.15, 0.2) is 0 Å². The van der Waals surface area contributed by atoms with Crippen LogP contribution in [0, 0.1) is 0 Å². The Morgan fingerprint density at radius 3 is 2.38 bits per heavy atom. The SMILES string of the molecule is CC1(C)OB(c2ccc3c(c2)CC2(CCN([B]C=O)CC2)O3)OC1(C)C. The smallest absolute Gasteiger partial charge is 0.487 e. The number of fused-ring (bicyclic) bond motifs is 1. The minimum absolute atomic E-state index is 0.135. The van der Waals surface area contributed by atoms with Gasteiger partial charge in [0.2, 0.25) is 0 Å². The standard InChI is InChI=1S/C19H26B2NO4/c1-17(2)18(3,4)26-21(25-17)15-5-6-16-14(11-15)12-19(24-16)7-9-22(10-8-19)20-13-23/h5-6,11,13H,7-10,12H2,1-4H3. The predicted octanol–water partition coefficient (Wildman–Crippen LogP) is 1.56. The molecule has 0 bridgehead atoms. The molecule has 3 aliphatic heterocycles. The number of ether oxygens (including phenoxy) is 1. The van der Waals surface area contributed by atoms with Gasteiger partial charge in [0.05, 0.1) is 17.4 Å². The molecule has 7 heteroatoms. The first kappa shape index (κ1) is 18.1. The summed E-state index contributed by atoms with van der Waals surface area (Å²) in [7, 11) is 1.29. The predicted molar refractivity (Wildman–Crippen MR) is 103 cm³/mol. The summed E-state index contributed by atoms with van der Waals surface area (Å²) < 4.78 is 18.7. The lowest BCUT2D eigenvalue weighted by atomic mass is 9.77. The van der Waals surface area contributed by atoms with Crippen molar-refractivity contribution in [2.45, 2.75) is 63.8 Å². The molecule has 0 amide bonds. The average molecular weight is 354 g/mol. The zero-order valence-corrected chi connectivity index (χ0v) is 16.1. The lowest BCUT2D eigenvalue weighted by Crippen LogP contribution is -2.48. The molecule has 0 aliphatic carbocycles. The van der Waals surface area contributed by atoms with Crippen LogP contribution in [0.4, 0.5) is 0 Å². The Morgan fingerprint density at radius 2 is 1.77 bits per heavy atom. The van der Waals surface area contributed by atoms with Gasteiger partial charge in [-0.15, -0.1) is 0 Å². The number of piperidine rings is 1. The van der Waals surface area contributed by atoms with Crippen LogP contribution >= 0.6 is 0 Å². The summed E-state index contributed by atoms with van der Waals surface area (Å²) >= 11 is 0. The Balaban J connectivity index is 1.49. The van der Waals surface area contributed by atoms with E-state index in [9.17, 15) is 4.79 Å². The highest BCUT2D eigenvalue weighted by Crippen LogP contribution is 2.41. The number of hydrogen-bond donors (Lipinski definition) is 0. The van der Waals surface area contributed by atoms with E-state index < -0.39 is 0 Å². The van der Waals surface area contributed by atoms with Crippen LogP contribution in [-0.2, 0) is 20.5 Å². The molecule has 26 heavy (non-hydrogen) atoms. The zero-order valence-electron chi connectivity index (χ0n) is 16.1. The summed E-state index contributed by atoms with van der Waals surface area (Å²) in [5.41, 5.74) is 1.47. The molecule has 4 rings (SSSR count). The number of nitrogens with zero attached hydrogens (tertiary/aromatic N) is 1. The van der Waals surface area contributed by atoms with Crippen LogP contribution in [0.2, 0.25) is 0 Å². The molecule has 1 aromatic rings. The molecule has 0 atom stereocenters. The first-order valence-electron chi connectivity index (χ1n) is 9.44. The maximum atomic E-state index is 10.7. The summed E-state index contributed by atoms with van der Waals surface area (Å²) in [6.45, 7) is 10.0. The molecule has 0 aromatic heterocycles. The van der Waals surface area contributed by atoms with E-state index in [1.54, 1.807) is 7.41 Å². The van der Waals surface area contributed by atoms with Crippen molar-refractivity contribution in [3.63, 3.8) is 0 Å². The molecule has 1 aromatic carbocycles. The second kappa shape index (κ2) is 6.11. The molecule has 1 radical (unpaired) electrons. The highest BCUT2D eigenvalue weighted by molar-refractivity contribution is 6.64. The Bertz CT molecular complexity index is 697. The van der Waals surface area contributed by atoms with Crippen LogP contribution in [-0.4, -0.2) is 55.4 Å². The monoisotopic (exact) mass is 354 g/mol. The maximum absolute atomic E-state index is 10.7. The van der Waals surface area contributed by atoms with Crippen LogP contribution in [0.25, 0.3) is 0 Å². The number of carbonyl (C=O) groups excluding carboxylic acids is 1. The van der Waals surface area contributed by atoms with Gasteiger partial charge >= 0.3 is 7.12 Å². The Labute approximate surface area is 156 Å². The molecule has 137 valence electrons. The van der Waals surface area contributed by atoms with Gasteiger partial charge in [0.25, 0.3) is 7.41 Å². The topological polar surface area (TPSA) is 48.0 Å². The van der Waals surface area contributed by atoms with E-state index in [2.05, 4.69) is 44.6 Å². The van der Waals surface area contributed by atoms with Crippen LogP contribution < -0.4 is 10.2 Å². The minimum atomic E-state index is -0.342. The van der Waals surface area contributed by atoms with Gasteiger partial charge in [-0.1, -0.05) is 12.1 Å². The third-order valence-electron chi connectivity index (χ3n) is 6.43.